The number of rotatable bonds is 6. The molecule has 17 heavy (non-hydrogen) atoms. The van der Waals surface area contributed by atoms with Gasteiger partial charge >= 0.3 is 0 Å². The zero-order chi connectivity index (χ0) is 11.9. The van der Waals surface area contributed by atoms with Crippen molar-refractivity contribution in [2.75, 3.05) is 26.2 Å². The fraction of sp³-hybridized carbons (Fsp3) is 1.00. The van der Waals surface area contributed by atoms with Gasteiger partial charge in [0.1, 0.15) is 0 Å². The number of hydrogen-bond acceptors (Lipinski definition) is 2. The van der Waals surface area contributed by atoms with E-state index in [0.29, 0.717) is 0 Å². The number of likely N-dealkylation sites (tertiary alicyclic amines) is 1. The fourth-order valence-corrected chi connectivity index (χ4v) is 3.61. The summed E-state index contributed by atoms with van der Waals surface area (Å²) < 4.78 is 0. The molecule has 2 nitrogen and oxygen atoms in total. The third-order valence-corrected chi connectivity index (χ3v) is 4.59. The summed E-state index contributed by atoms with van der Waals surface area (Å²) in [6, 6.07) is 0.907. The molecule has 2 saturated heterocycles. The Morgan fingerprint density at radius 2 is 2.06 bits per heavy atom. The normalized spacial score (nSPS) is 30.9. The summed E-state index contributed by atoms with van der Waals surface area (Å²) in [5.41, 5.74) is 0. The Hall–Kier alpha value is -0.0800. The van der Waals surface area contributed by atoms with Gasteiger partial charge in [0.2, 0.25) is 0 Å². The van der Waals surface area contributed by atoms with Crippen LogP contribution in [0.2, 0.25) is 0 Å². The zero-order valence-corrected chi connectivity index (χ0v) is 11.6. The first-order valence-corrected chi connectivity index (χ1v) is 7.86. The molecule has 2 rings (SSSR count). The highest BCUT2D eigenvalue weighted by molar-refractivity contribution is 4.87. The van der Waals surface area contributed by atoms with Crippen molar-refractivity contribution in [2.24, 2.45) is 5.92 Å². The second kappa shape index (κ2) is 7.38. The molecule has 100 valence electrons. The van der Waals surface area contributed by atoms with E-state index in [2.05, 4.69) is 17.1 Å². The Bertz CT molecular complexity index is 199. The molecule has 2 heteroatoms. The quantitative estimate of drug-likeness (QED) is 0.716. The van der Waals surface area contributed by atoms with E-state index >= 15 is 0 Å². The van der Waals surface area contributed by atoms with Gasteiger partial charge in [-0.25, -0.2) is 0 Å². The average Bonchev–Trinajstić information content (AvgIpc) is 2.84. The molecule has 2 aliphatic heterocycles. The molecule has 0 aromatic rings. The molecular formula is C15H30N2. The highest BCUT2D eigenvalue weighted by Gasteiger charge is 2.31. The van der Waals surface area contributed by atoms with Crippen molar-refractivity contribution in [3.05, 3.63) is 0 Å². The minimum Gasteiger partial charge on any atom is -0.316 e. The van der Waals surface area contributed by atoms with Gasteiger partial charge in [0.25, 0.3) is 0 Å². The molecule has 0 spiro atoms. The fourth-order valence-electron chi connectivity index (χ4n) is 3.61. The van der Waals surface area contributed by atoms with Gasteiger partial charge in [0, 0.05) is 6.04 Å². The second-order valence-electron chi connectivity index (χ2n) is 5.91. The zero-order valence-electron chi connectivity index (χ0n) is 11.6. The summed E-state index contributed by atoms with van der Waals surface area (Å²) in [6.45, 7) is 7.55. The molecule has 1 N–H and O–H groups in total. The van der Waals surface area contributed by atoms with E-state index in [9.17, 15) is 0 Å². The molecule has 0 aliphatic carbocycles. The Balaban J connectivity index is 1.72. The molecule has 2 fully saturated rings. The summed E-state index contributed by atoms with van der Waals surface area (Å²) >= 11 is 0. The SMILES string of the molecule is CCCCCCN1CCCC1C1CCCNC1. The van der Waals surface area contributed by atoms with E-state index in [1.54, 1.807) is 0 Å². The second-order valence-corrected chi connectivity index (χ2v) is 5.91. The number of nitrogens with zero attached hydrogens (tertiary/aromatic N) is 1. The molecule has 0 radical (unpaired) electrons. The minimum absolute atomic E-state index is 0.907. The summed E-state index contributed by atoms with van der Waals surface area (Å²) in [4.78, 5) is 2.80. The molecule has 0 bridgehead atoms. The number of unbranched alkanes of at least 4 members (excludes halogenated alkanes) is 3. The molecule has 2 aliphatic rings. The standard InChI is InChI=1S/C15H30N2/c1-2-3-4-5-11-17-12-7-9-15(17)14-8-6-10-16-13-14/h14-16H,2-13H2,1H3. The summed E-state index contributed by atoms with van der Waals surface area (Å²) in [5, 5.41) is 3.58. The number of nitrogens with one attached hydrogen (secondary N) is 1. The lowest BCUT2D eigenvalue weighted by atomic mass is 9.90. The molecule has 0 amide bonds. The van der Waals surface area contributed by atoms with Crippen molar-refractivity contribution in [1.29, 1.82) is 0 Å². The van der Waals surface area contributed by atoms with Gasteiger partial charge in [-0.2, -0.15) is 0 Å². The van der Waals surface area contributed by atoms with E-state index < -0.39 is 0 Å². The van der Waals surface area contributed by atoms with Crippen molar-refractivity contribution in [2.45, 2.75) is 64.3 Å². The molecule has 0 saturated carbocycles. The summed E-state index contributed by atoms with van der Waals surface area (Å²) in [6.07, 6.45) is 11.4. The van der Waals surface area contributed by atoms with E-state index in [-0.39, 0.29) is 0 Å². The Morgan fingerprint density at radius 1 is 1.12 bits per heavy atom. The van der Waals surface area contributed by atoms with Crippen LogP contribution in [0.3, 0.4) is 0 Å². The van der Waals surface area contributed by atoms with Crippen LogP contribution in [0.1, 0.15) is 58.3 Å². The van der Waals surface area contributed by atoms with Gasteiger partial charge in [0.15, 0.2) is 0 Å². The molecule has 2 unspecified atom stereocenters. The Morgan fingerprint density at radius 3 is 2.82 bits per heavy atom. The van der Waals surface area contributed by atoms with Crippen LogP contribution in [0, 0.1) is 5.92 Å². The third-order valence-electron chi connectivity index (χ3n) is 4.59. The van der Waals surface area contributed by atoms with Gasteiger partial charge in [-0.1, -0.05) is 26.2 Å². The van der Waals surface area contributed by atoms with Gasteiger partial charge in [-0.15, -0.1) is 0 Å². The van der Waals surface area contributed by atoms with Crippen molar-refractivity contribution in [3.8, 4) is 0 Å². The van der Waals surface area contributed by atoms with Gasteiger partial charge in [-0.05, 0) is 64.2 Å². The Kier molecular flexibility index (Phi) is 5.79. The first-order valence-electron chi connectivity index (χ1n) is 7.86. The lowest BCUT2D eigenvalue weighted by molar-refractivity contribution is 0.163. The van der Waals surface area contributed by atoms with Crippen LogP contribution in [0.25, 0.3) is 0 Å². The number of hydrogen-bond donors (Lipinski definition) is 1. The largest absolute Gasteiger partial charge is 0.316 e. The topological polar surface area (TPSA) is 15.3 Å². The summed E-state index contributed by atoms with van der Waals surface area (Å²) in [7, 11) is 0. The Labute approximate surface area is 107 Å². The van der Waals surface area contributed by atoms with Crippen LogP contribution >= 0.6 is 0 Å². The van der Waals surface area contributed by atoms with E-state index in [1.807, 2.05) is 0 Å². The van der Waals surface area contributed by atoms with Crippen LogP contribution < -0.4 is 5.32 Å². The highest BCUT2D eigenvalue weighted by Crippen LogP contribution is 2.28. The summed E-state index contributed by atoms with van der Waals surface area (Å²) in [5.74, 6) is 0.942. The molecular weight excluding hydrogens is 208 g/mol. The van der Waals surface area contributed by atoms with E-state index in [0.717, 1.165) is 12.0 Å². The lowest BCUT2D eigenvalue weighted by Crippen LogP contribution is -2.43. The third kappa shape index (κ3) is 3.96. The van der Waals surface area contributed by atoms with E-state index in [1.165, 1.54) is 77.5 Å². The van der Waals surface area contributed by atoms with Crippen molar-refractivity contribution in [3.63, 3.8) is 0 Å². The maximum Gasteiger partial charge on any atom is 0.0136 e. The monoisotopic (exact) mass is 238 g/mol. The van der Waals surface area contributed by atoms with Crippen molar-refractivity contribution < 1.29 is 0 Å². The maximum atomic E-state index is 3.58. The number of piperidine rings is 1. The van der Waals surface area contributed by atoms with Gasteiger partial charge < -0.3 is 10.2 Å². The predicted molar refractivity (Wildman–Crippen MR) is 74.3 cm³/mol. The van der Waals surface area contributed by atoms with Crippen LogP contribution in [-0.4, -0.2) is 37.1 Å². The maximum absolute atomic E-state index is 3.58. The molecule has 2 atom stereocenters. The van der Waals surface area contributed by atoms with E-state index in [4.69, 9.17) is 0 Å². The molecule has 0 aromatic carbocycles. The average molecular weight is 238 g/mol. The van der Waals surface area contributed by atoms with Crippen LogP contribution in [0.4, 0.5) is 0 Å². The van der Waals surface area contributed by atoms with Gasteiger partial charge in [-0.3, -0.25) is 0 Å². The first kappa shape index (κ1) is 13.4. The lowest BCUT2D eigenvalue weighted by Gasteiger charge is -2.34. The predicted octanol–water partition coefficient (Wildman–Crippen LogP) is 3.03. The molecule has 0 aromatic heterocycles. The highest BCUT2D eigenvalue weighted by atomic mass is 15.2. The minimum atomic E-state index is 0.907. The van der Waals surface area contributed by atoms with Gasteiger partial charge in [0.05, 0.1) is 0 Å². The van der Waals surface area contributed by atoms with Crippen LogP contribution in [0.15, 0.2) is 0 Å². The van der Waals surface area contributed by atoms with Crippen LogP contribution in [0.5, 0.6) is 0 Å². The first-order chi connectivity index (χ1) is 8.42. The van der Waals surface area contributed by atoms with Crippen molar-refractivity contribution in [1.82, 2.24) is 10.2 Å². The molecule has 2 heterocycles. The van der Waals surface area contributed by atoms with Crippen LogP contribution in [-0.2, 0) is 0 Å². The smallest absolute Gasteiger partial charge is 0.0136 e. The van der Waals surface area contributed by atoms with Crippen molar-refractivity contribution >= 4 is 0 Å².